The van der Waals surface area contributed by atoms with Gasteiger partial charge in [0.05, 0.1) is 0 Å². The van der Waals surface area contributed by atoms with Gasteiger partial charge in [0.15, 0.2) is 0 Å². The highest BCUT2D eigenvalue weighted by Crippen LogP contribution is 2.23. The van der Waals surface area contributed by atoms with Gasteiger partial charge < -0.3 is 5.32 Å². The lowest BCUT2D eigenvalue weighted by molar-refractivity contribution is 0.227. The summed E-state index contributed by atoms with van der Waals surface area (Å²) in [4.78, 5) is 10.8. The lowest BCUT2D eigenvalue weighted by Gasteiger charge is -2.27. The van der Waals surface area contributed by atoms with Crippen molar-refractivity contribution in [3.63, 3.8) is 0 Å². The molecule has 4 N–H and O–H groups in total. The van der Waals surface area contributed by atoms with Crippen molar-refractivity contribution in [2.75, 3.05) is 0 Å². The second-order valence-corrected chi connectivity index (χ2v) is 3.59. The smallest absolute Gasteiger partial charge is 0.329 e. The van der Waals surface area contributed by atoms with Gasteiger partial charge in [-0.3, -0.25) is 5.43 Å². The first-order valence-corrected chi connectivity index (χ1v) is 4.49. The molecule has 0 aliphatic heterocycles. The maximum absolute atomic E-state index is 10.8. The highest BCUT2D eigenvalue weighted by molar-refractivity contribution is 5.73. The molecule has 4 nitrogen and oxygen atoms in total. The molecule has 2 amide bonds. The standard InChI is InChI=1S/C8H17N3O/c1-6-3-2-4-7(5-6)10-8(12)11-9/h6-7H,2-5,9H2,1H3,(H2,10,11,12). The zero-order chi connectivity index (χ0) is 8.97. The molecule has 0 radical (unpaired) electrons. The Morgan fingerprint density at radius 3 is 2.83 bits per heavy atom. The highest BCUT2D eigenvalue weighted by atomic mass is 16.2. The van der Waals surface area contributed by atoms with Gasteiger partial charge in [0.25, 0.3) is 0 Å². The molecular formula is C8H17N3O. The summed E-state index contributed by atoms with van der Waals surface area (Å²) in [6, 6.07) is 0.0476. The minimum absolute atomic E-state index is 0.269. The fraction of sp³-hybridized carbons (Fsp3) is 0.875. The van der Waals surface area contributed by atoms with Crippen LogP contribution in [0.3, 0.4) is 0 Å². The van der Waals surface area contributed by atoms with Crippen LogP contribution in [0.1, 0.15) is 32.6 Å². The molecule has 0 aromatic rings. The van der Waals surface area contributed by atoms with Gasteiger partial charge in [-0.05, 0) is 18.8 Å². The molecule has 1 saturated carbocycles. The molecule has 1 aliphatic carbocycles. The van der Waals surface area contributed by atoms with E-state index in [4.69, 9.17) is 5.84 Å². The maximum atomic E-state index is 10.8. The van der Waals surface area contributed by atoms with Crippen molar-refractivity contribution in [2.24, 2.45) is 11.8 Å². The first kappa shape index (κ1) is 9.32. The van der Waals surface area contributed by atoms with E-state index in [1.165, 1.54) is 12.8 Å². The minimum Gasteiger partial charge on any atom is -0.334 e. The van der Waals surface area contributed by atoms with Gasteiger partial charge in [0, 0.05) is 6.04 Å². The SMILES string of the molecule is CC1CCCC(NC(=O)NN)C1. The molecule has 0 heterocycles. The Labute approximate surface area is 72.9 Å². The molecule has 0 spiro atoms. The van der Waals surface area contributed by atoms with E-state index < -0.39 is 0 Å². The van der Waals surface area contributed by atoms with Gasteiger partial charge >= 0.3 is 6.03 Å². The van der Waals surface area contributed by atoms with Crippen LogP contribution in [0.15, 0.2) is 0 Å². The number of carbonyl (C=O) groups is 1. The Balaban J connectivity index is 2.27. The number of carbonyl (C=O) groups excluding carboxylic acids is 1. The minimum atomic E-state index is -0.269. The van der Waals surface area contributed by atoms with Crippen LogP contribution in [0.4, 0.5) is 4.79 Å². The van der Waals surface area contributed by atoms with Crippen molar-refractivity contribution in [3.05, 3.63) is 0 Å². The van der Waals surface area contributed by atoms with Crippen molar-refractivity contribution < 1.29 is 4.79 Å². The third-order valence-corrected chi connectivity index (χ3v) is 2.40. The van der Waals surface area contributed by atoms with Gasteiger partial charge in [0.1, 0.15) is 0 Å². The molecule has 0 saturated heterocycles. The topological polar surface area (TPSA) is 67.2 Å². The van der Waals surface area contributed by atoms with Crippen molar-refractivity contribution >= 4 is 6.03 Å². The number of nitrogens with two attached hydrogens (primary N) is 1. The van der Waals surface area contributed by atoms with Crippen LogP contribution >= 0.6 is 0 Å². The van der Waals surface area contributed by atoms with E-state index in [-0.39, 0.29) is 6.03 Å². The van der Waals surface area contributed by atoms with Crippen molar-refractivity contribution in [3.8, 4) is 0 Å². The first-order chi connectivity index (χ1) is 5.72. The van der Waals surface area contributed by atoms with E-state index in [1.54, 1.807) is 0 Å². The van der Waals surface area contributed by atoms with E-state index in [2.05, 4.69) is 17.7 Å². The predicted molar refractivity (Wildman–Crippen MR) is 47.3 cm³/mol. The average Bonchev–Trinajstić information content (AvgIpc) is 2.04. The summed E-state index contributed by atoms with van der Waals surface area (Å²) in [5.41, 5.74) is 2.08. The molecule has 70 valence electrons. The third-order valence-electron chi connectivity index (χ3n) is 2.40. The van der Waals surface area contributed by atoms with Crippen LogP contribution in [0.2, 0.25) is 0 Å². The van der Waals surface area contributed by atoms with Crippen molar-refractivity contribution in [2.45, 2.75) is 38.6 Å². The Bertz CT molecular complexity index is 160. The summed E-state index contributed by atoms with van der Waals surface area (Å²) in [6.07, 6.45) is 4.64. The quantitative estimate of drug-likeness (QED) is 0.309. The Morgan fingerprint density at radius 1 is 1.50 bits per heavy atom. The highest BCUT2D eigenvalue weighted by Gasteiger charge is 2.19. The maximum Gasteiger partial charge on any atom is 0.329 e. The fourth-order valence-electron chi connectivity index (χ4n) is 1.79. The van der Waals surface area contributed by atoms with Gasteiger partial charge in [-0.25, -0.2) is 10.6 Å². The van der Waals surface area contributed by atoms with Crippen molar-refractivity contribution in [1.29, 1.82) is 0 Å². The van der Waals surface area contributed by atoms with Crippen LogP contribution in [0.25, 0.3) is 0 Å². The molecule has 1 aliphatic rings. The fourth-order valence-corrected chi connectivity index (χ4v) is 1.79. The van der Waals surface area contributed by atoms with E-state index in [0.717, 1.165) is 18.8 Å². The zero-order valence-electron chi connectivity index (χ0n) is 7.47. The number of hydrogen-bond donors (Lipinski definition) is 3. The summed E-state index contributed by atoms with van der Waals surface area (Å²) < 4.78 is 0. The second kappa shape index (κ2) is 4.30. The number of nitrogens with one attached hydrogen (secondary N) is 2. The first-order valence-electron chi connectivity index (χ1n) is 4.49. The van der Waals surface area contributed by atoms with E-state index in [9.17, 15) is 4.79 Å². The molecule has 0 bridgehead atoms. The van der Waals surface area contributed by atoms with Gasteiger partial charge in [-0.2, -0.15) is 0 Å². The van der Waals surface area contributed by atoms with Crippen LogP contribution in [0.5, 0.6) is 0 Å². The number of hydrazine groups is 1. The van der Waals surface area contributed by atoms with Gasteiger partial charge in [0.2, 0.25) is 0 Å². The molecule has 4 heteroatoms. The van der Waals surface area contributed by atoms with Crippen LogP contribution in [-0.4, -0.2) is 12.1 Å². The molecule has 2 atom stereocenters. The largest absolute Gasteiger partial charge is 0.334 e. The Kier molecular flexibility index (Phi) is 3.34. The van der Waals surface area contributed by atoms with Gasteiger partial charge in [-0.1, -0.05) is 19.8 Å². The summed E-state index contributed by atoms with van der Waals surface area (Å²) in [5, 5.41) is 2.82. The molecule has 12 heavy (non-hydrogen) atoms. The molecule has 1 fully saturated rings. The van der Waals surface area contributed by atoms with E-state index >= 15 is 0 Å². The monoisotopic (exact) mass is 171 g/mol. The summed E-state index contributed by atoms with van der Waals surface area (Å²) >= 11 is 0. The number of urea groups is 1. The summed E-state index contributed by atoms with van der Waals surface area (Å²) in [7, 11) is 0. The third kappa shape index (κ3) is 2.70. The molecule has 1 rings (SSSR count). The van der Waals surface area contributed by atoms with Crippen LogP contribution < -0.4 is 16.6 Å². The lowest BCUT2D eigenvalue weighted by Crippen LogP contribution is -2.46. The van der Waals surface area contributed by atoms with E-state index in [1.807, 2.05) is 0 Å². The molecule has 0 aromatic carbocycles. The normalized spacial score (nSPS) is 29.5. The zero-order valence-corrected chi connectivity index (χ0v) is 7.47. The summed E-state index contributed by atoms with van der Waals surface area (Å²) in [6.45, 7) is 2.22. The lowest BCUT2D eigenvalue weighted by atomic mass is 9.87. The van der Waals surface area contributed by atoms with Crippen LogP contribution in [0, 0.1) is 5.92 Å². The Hall–Kier alpha value is -0.770. The van der Waals surface area contributed by atoms with Crippen molar-refractivity contribution in [1.82, 2.24) is 10.7 Å². The van der Waals surface area contributed by atoms with E-state index in [0.29, 0.717) is 6.04 Å². The average molecular weight is 171 g/mol. The number of hydrogen-bond acceptors (Lipinski definition) is 2. The summed E-state index contributed by atoms with van der Waals surface area (Å²) in [5.74, 6) is 5.69. The Morgan fingerprint density at radius 2 is 2.25 bits per heavy atom. The van der Waals surface area contributed by atoms with Gasteiger partial charge in [-0.15, -0.1) is 0 Å². The number of amides is 2. The van der Waals surface area contributed by atoms with Crippen LogP contribution in [-0.2, 0) is 0 Å². The molecular weight excluding hydrogens is 154 g/mol. The molecule has 2 unspecified atom stereocenters. The second-order valence-electron chi connectivity index (χ2n) is 3.59. The predicted octanol–water partition coefficient (Wildman–Crippen LogP) is 0.738. The molecule has 0 aromatic heterocycles. The number of rotatable bonds is 1.